The van der Waals surface area contributed by atoms with E-state index in [2.05, 4.69) is 10.1 Å². The molecule has 1 aromatic carbocycles. The standard InChI is InChI=1S/C12H11ClN4/c13-8-1-2-9-10(7-8)15-5-3-11(9)17-6-4-12(14)16-17/h1-3,5,7H,4,6H2,(H2,14,16). The number of benzene rings is 1. The second-order valence-electron chi connectivity index (χ2n) is 3.96. The van der Waals surface area contributed by atoms with Crippen LogP contribution in [0.5, 0.6) is 0 Å². The van der Waals surface area contributed by atoms with Crippen molar-refractivity contribution in [2.45, 2.75) is 6.42 Å². The van der Waals surface area contributed by atoms with Gasteiger partial charge in [-0.2, -0.15) is 5.10 Å². The lowest BCUT2D eigenvalue weighted by Gasteiger charge is -2.15. The van der Waals surface area contributed by atoms with Gasteiger partial charge in [0.25, 0.3) is 0 Å². The first-order chi connectivity index (χ1) is 8.24. The van der Waals surface area contributed by atoms with Gasteiger partial charge in [-0.05, 0) is 24.3 Å². The van der Waals surface area contributed by atoms with Crippen LogP contribution in [0.1, 0.15) is 6.42 Å². The number of amidine groups is 1. The molecule has 0 unspecified atom stereocenters. The van der Waals surface area contributed by atoms with Crippen molar-refractivity contribution >= 4 is 34.0 Å². The molecule has 0 spiro atoms. The van der Waals surface area contributed by atoms with Gasteiger partial charge in [0, 0.05) is 29.6 Å². The predicted octanol–water partition coefficient (Wildman–Crippen LogP) is 2.37. The molecule has 1 aromatic heterocycles. The first-order valence-corrected chi connectivity index (χ1v) is 5.76. The molecule has 0 radical (unpaired) electrons. The maximum absolute atomic E-state index is 5.95. The highest BCUT2D eigenvalue weighted by atomic mass is 35.5. The fraction of sp³-hybridized carbons (Fsp3) is 0.167. The van der Waals surface area contributed by atoms with Crippen molar-refractivity contribution in [3.8, 4) is 0 Å². The molecule has 0 saturated heterocycles. The normalized spacial score (nSPS) is 15.4. The lowest BCUT2D eigenvalue weighted by Crippen LogP contribution is -2.12. The molecular weight excluding hydrogens is 236 g/mol. The zero-order chi connectivity index (χ0) is 11.8. The molecule has 0 amide bonds. The molecule has 2 heterocycles. The largest absolute Gasteiger partial charge is 0.386 e. The summed E-state index contributed by atoms with van der Waals surface area (Å²) in [6.07, 6.45) is 2.56. The van der Waals surface area contributed by atoms with Gasteiger partial charge >= 0.3 is 0 Å². The van der Waals surface area contributed by atoms with Crippen LogP contribution >= 0.6 is 11.6 Å². The highest BCUT2D eigenvalue weighted by molar-refractivity contribution is 6.31. The Kier molecular flexibility index (Phi) is 2.37. The fourth-order valence-electron chi connectivity index (χ4n) is 1.98. The second-order valence-corrected chi connectivity index (χ2v) is 4.39. The number of hydrazone groups is 1. The van der Waals surface area contributed by atoms with Crippen molar-refractivity contribution in [3.05, 3.63) is 35.5 Å². The highest BCUT2D eigenvalue weighted by Crippen LogP contribution is 2.28. The molecule has 0 fully saturated rings. The molecule has 1 aliphatic rings. The fourth-order valence-corrected chi connectivity index (χ4v) is 2.15. The van der Waals surface area contributed by atoms with Crippen LogP contribution in [0.2, 0.25) is 5.02 Å². The summed E-state index contributed by atoms with van der Waals surface area (Å²) in [6.45, 7) is 0.813. The summed E-state index contributed by atoms with van der Waals surface area (Å²) < 4.78 is 0. The molecule has 0 bridgehead atoms. The van der Waals surface area contributed by atoms with Crippen LogP contribution in [0.4, 0.5) is 5.69 Å². The molecule has 0 aliphatic carbocycles. The van der Waals surface area contributed by atoms with Crippen molar-refractivity contribution in [3.63, 3.8) is 0 Å². The third-order valence-electron chi connectivity index (χ3n) is 2.79. The third kappa shape index (κ3) is 1.80. The summed E-state index contributed by atoms with van der Waals surface area (Å²) in [6, 6.07) is 7.62. The van der Waals surface area contributed by atoms with Crippen molar-refractivity contribution in [1.82, 2.24) is 4.98 Å². The summed E-state index contributed by atoms with van der Waals surface area (Å²) in [5, 5.41) is 7.93. The zero-order valence-corrected chi connectivity index (χ0v) is 9.85. The van der Waals surface area contributed by atoms with Gasteiger partial charge in [-0.1, -0.05) is 11.6 Å². The van der Waals surface area contributed by atoms with Crippen molar-refractivity contribution in [2.24, 2.45) is 10.8 Å². The average molecular weight is 247 g/mol. The summed E-state index contributed by atoms with van der Waals surface area (Å²) in [7, 11) is 0. The van der Waals surface area contributed by atoms with Gasteiger partial charge in [-0.3, -0.25) is 9.99 Å². The zero-order valence-electron chi connectivity index (χ0n) is 9.10. The minimum Gasteiger partial charge on any atom is -0.386 e. The SMILES string of the molecule is NC1=NN(c2ccnc3cc(Cl)ccc23)CC1. The summed E-state index contributed by atoms with van der Waals surface area (Å²) >= 11 is 5.95. The van der Waals surface area contributed by atoms with E-state index >= 15 is 0 Å². The Morgan fingerprint density at radius 2 is 2.18 bits per heavy atom. The van der Waals surface area contributed by atoms with Crippen molar-refractivity contribution in [1.29, 1.82) is 0 Å². The number of fused-ring (bicyclic) bond motifs is 1. The number of nitrogens with two attached hydrogens (primary N) is 1. The van der Waals surface area contributed by atoms with Crippen LogP contribution in [-0.4, -0.2) is 17.4 Å². The van der Waals surface area contributed by atoms with Crippen LogP contribution < -0.4 is 10.7 Å². The Hall–Kier alpha value is -1.81. The highest BCUT2D eigenvalue weighted by Gasteiger charge is 2.15. The maximum Gasteiger partial charge on any atom is 0.122 e. The average Bonchev–Trinajstić information content (AvgIpc) is 2.74. The molecule has 0 saturated carbocycles. The third-order valence-corrected chi connectivity index (χ3v) is 3.02. The number of pyridine rings is 1. The maximum atomic E-state index is 5.95. The van der Waals surface area contributed by atoms with Crippen LogP contribution in [0.3, 0.4) is 0 Å². The van der Waals surface area contributed by atoms with Gasteiger partial charge in [0.15, 0.2) is 0 Å². The smallest absolute Gasteiger partial charge is 0.122 e. The minimum atomic E-state index is 0.670. The van der Waals surface area contributed by atoms with Gasteiger partial charge in [0.2, 0.25) is 0 Å². The Morgan fingerprint density at radius 1 is 1.29 bits per heavy atom. The molecule has 2 aromatic rings. The molecule has 5 heteroatoms. The lowest BCUT2D eigenvalue weighted by molar-refractivity contribution is 0.926. The van der Waals surface area contributed by atoms with Gasteiger partial charge in [0.1, 0.15) is 5.84 Å². The Balaban J connectivity index is 2.17. The topological polar surface area (TPSA) is 54.5 Å². The number of rotatable bonds is 1. The van der Waals surface area contributed by atoms with Gasteiger partial charge in [0.05, 0.1) is 11.2 Å². The van der Waals surface area contributed by atoms with E-state index in [0.717, 1.165) is 29.6 Å². The van der Waals surface area contributed by atoms with E-state index in [9.17, 15) is 0 Å². The van der Waals surface area contributed by atoms with E-state index in [4.69, 9.17) is 17.3 Å². The van der Waals surface area contributed by atoms with E-state index in [1.807, 2.05) is 29.3 Å². The van der Waals surface area contributed by atoms with Crippen LogP contribution in [0, 0.1) is 0 Å². The first kappa shape index (κ1) is 10.4. The molecule has 2 N–H and O–H groups in total. The van der Waals surface area contributed by atoms with Gasteiger partial charge < -0.3 is 5.73 Å². The molecule has 17 heavy (non-hydrogen) atoms. The summed E-state index contributed by atoms with van der Waals surface area (Å²) in [5.41, 5.74) is 7.59. The van der Waals surface area contributed by atoms with E-state index in [0.29, 0.717) is 10.9 Å². The number of hydrogen-bond acceptors (Lipinski definition) is 4. The Labute approximate surface area is 104 Å². The number of anilines is 1. The molecule has 0 atom stereocenters. The van der Waals surface area contributed by atoms with Crippen LogP contribution in [0.15, 0.2) is 35.6 Å². The van der Waals surface area contributed by atoms with E-state index in [1.165, 1.54) is 0 Å². The summed E-state index contributed by atoms with van der Waals surface area (Å²) in [4.78, 5) is 4.30. The monoisotopic (exact) mass is 246 g/mol. The number of hydrogen-bond donors (Lipinski definition) is 1. The number of nitrogens with zero attached hydrogens (tertiary/aromatic N) is 3. The van der Waals surface area contributed by atoms with Crippen LogP contribution in [0.25, 0.3) is 10.9 Å². The number of halogens is 1. The second kappa shape index (κ2) is 3.89. The molecule has 86 valence electrons. The van der Waals surface area contributed by atoms with E-state index in [-0.39, 0.29) is 0 Å². The molecule has 3 rings (SSSR count). The predicted molar refractivity (Wildman–Crippen MR) is 70.3 cm³/mol. The van der Waals surface area contributed by atoms with E-state index in [1.54, 1.807) is 6.20 Å². The molecule has 1 aliphatic heterocycles. The minimum absolute atomic E-state index is 0.670. The number of aromatic nitrogens is 1. The Morgan fingerprint density at radius 3 is 2.94 bits per heavy atom. The van der Waals surface area contributed by atoms with Crippen LogP contribution in [-0.2, 0) is 0 Å². The first-order valence-electron chi connectivity index (χ1n) is 5.39. The summed E-state index contributed by atoms with van der Waals surface area (Å²) in [5.74, 6) is 0.670. The quantitative estimate of drug-likeness (QED) is 0.841. The molecule has 4 nitrogen and oxygen atoms in total. The van der Waals surface area contributed by atoms with Gasteiger partial charge in [-0.15, -0.1) is 0 Å². The van der Waals surface area contributed by atoms with E-state index < -0.39 is 0 Å². The Bertz CT molecular complexity index is 608. The lowest BCUT2D eigenvalue weighted by atomic mass is 10.2. The van der Waals surface area contributed by atoms with Crippen molar-refractivity contribution < 1.29 is 0 Å². The van der Waals surface area contributed by atoms with Crippen molar-refractivity contribution in [2.75, 3.05) is 11.6 Å². The molecular formula is C12H11ClN4. The van der Waals surface area contributed by atoms with Gasteiger partial charge in [-0.25, -0.2) is 0 Å².